The molecule has 0 amide bonds. The van der Waals surface area contributed by atoms with Gasteiger partial charge in [-0.2, -0.15) is 9.97 Å². The summed E-state index contributed by atoms with van der Waals surface area (Å²) >= 11 is 0. The fraction of sp³-hybridized carbons (Fsp3) is 0.379. The van der Waals surface area contributed by atoms with Crippen molar-refractivity contribution in [1.82, 2.24) is 29.2 Å². The second-order valence-corrected chi connectivity index (χ2v) is 13.0. The number of ether oxygens (including phenoxy) is 1. The fourth-order valence-electron chi connectivity index (χ4n) is 5.32. The van der Waals surface area contributed by atoms with Crippen LogP contribution in [0.3, 0.4) is 0 Å². The van der Waals surface area contributed by atoms with Crippen LogP contribution >= 0.6 is 0 Å². The molecule has 1 aromatic carbocycles. The van der Waals surface area contributed by atoms with E-state index in [-0.39, 0.29) is 29.7 Å². The molecule has 0 radical (unpaired) electrons. The number of hydrogen-bond acceptors (Lipinski definition) is 10. The number of piperidine rings is 1. The minimum Gasteiger partial charge on any atom is -0.474 e. The van der Waals surface area contributed by atoms with Crippen LogP contribution in [0, 0.1) is 0 Å². The molecule has 2 aliphatic rings. The molecule has 6 rings (SSSR count). The van der Waals surface area contributed by atoms with Crippen molar-refractivity contribution < 1.29 is 13.2 Å². The van der Waals surface area contributed by atoms with E-state index in [0.29, 0.717) is 41.8 Å². The third kappa shape index (κ3) is 5.88. The van der Waals surface area contributed by atoms with Crippen molar-refractivity contribution in [3.63, 3.8) is 0 Å². The number of nitrogens with zero attached hydrogens (tertiary/aromatic N) is 7. The molecule has 2 saturated heterocycles. The minimum atomic E-state index is -2.95. The summed E-state index contributed by atoms with van der Waals surface area (Å²) in [5.74, 6) is 1.65. The number of nitrogens with one attached hydrogen (secondary N) is 1. The quantitative estimate of drug-likeness (QED) is 0.306. The number of sulfone groups is 1. The highest BCUT2D eigenvalue weighted by Gasteiger charge is 2.23. The molecule has 0 aliphatic carbocycles. The monoisotopic (exact) mass is 590 g/mol. The number of anilines is 3. The maximum atomic E-state index is 13.3. The molecule has 2 aliphatic heterocycles. The van der Waals surface area contributed by atoms with Gasteiger partial charge in [0.15, 0.2) is 21.3 Å². The summed E-state index contributed by atoms with van der Waals surface area (Å²) in [6, 6.07) is 13.2. The summed E-state index contributed by atoms with van der Waals surface area (Å²) in [5, 5.41) is 3.58. The first-order valence-electron chi connectivity index (χ1n) is 14.0. The Morgan fingerprint density at radius 2 is 1.79 bits per heavy atom. The van der Waals surface area contributed by atoms with E-state index in [1.165, 1.54) is 10.9 Å². The number of pyridine rings is 1. The van der Waals surface area contributed by atoms with Crippen LogP contribution in [0.1, 0.15) is 12.8 Å². The van der Waals surface area contributed by atoms with Gasteiger partial charge in [-0.3, -0.25) is 4.79 Å². The maximum absolute atomic E-state index is 13.3. The molecule has 0 unspecified atom stereocenters. The Kier molecular flexibility index (Phi) is 7.69. The van der Waals surface area contributed by atoms with Gasteiger partial charge in [0, 0.05) is 49.8 Å². The van der Waals surface area contributed by atoms with Crippen LogP contribution in [0.15, 0.2) is 66.1 Å². The number of aromatic nitrogens is 5. The zero-order chi connectivity index (χ0) is 29.3. The van der Waals surface area contributed by atoms with Crippen molar-refractivity contribution in [2.75, 3.05) is 54.9 Å². The van der Waals surface area contributed by atoms with Gasteiger partial charge in [-0.15, -0.1) is 6.58 Å². The van der Waals surface area contributed by atoms with Gasteiger partial charge in [-0.1, -0.05) is 12.1 Å². The van der Waals surface area contributed by atoms with Gasteiger partial charge in [0.25, 0.3) is 5.56 Å². The maximum Gasteiger partial charge on any atom is 0.278 e. The van der Waals surface area contributed by atoms with Gasteiger partial charge in [0.05, 0.1) is 18.1 Å². The Labute approximate surface area is 244 Å². The van der Waals surface area contributed by atoms with E-state index >= 15 is 0 Å². The Morgan fingerprint density at radius 3 is 2.50 bits per heavy atom. The Bertz CT molecular complexity index is 1740. The van der Waals surface area contributed by atoms with Crippen molar-refractivity contribution in [3.05, 3.63) is 71.7 Å². The standard InChI is InChI=1S/C29H34N8O4S/c1-3-13-36-28(38)24-20-30-29(31-21-7-9-22(10-8-21)35-16-18-42(39,40)19-17-35)33-27(24)37(36)25-5-4-6-26(32-25)41-23-11-14-34(2)15-12-23/h3-10,20,23H,1,11-19H2,2H3,(H,30,31,33). The molecule has 12 nitrogen and oxygen atoms in total. The van der Waals surface area contributed by atoms with E-state index < -0.39 is 9.84 Å². The lowest BCUT2D eigenvalue weighted by Crippen LogP contribution is -2.40. The van der Waals surface area contributed by atoms with Crippen molar-refractivity contribution in [2.45, 2.75) is 25.5 Å². The van der Waals surface area contributed by atoms with E-state index in [4.69, 9.17) is 14.7 Å². The predicted octanol–water partition coefficient (Wildman–Crippen LogP) is 2.61. The molecule has 0 bridgehead atoms. The average Bonchev–Trinajstić information content (AvgIpc) is 3.25. The summed E-state index contributed by atoms with van der Waals surface area (Å²) in [4.78, 5) is 31.5. The number of allylic oxidation sites excluding steroid dienone is 1. The van der Waals surface area contributed by atoms with Crippen molar-refractivity contribution >= 4 is 38.2 Å². The van der Waals surface area contributed by atoms with E-state index in [1.54, 1.807) is 10.8 Å². The van der Waals surface area contributed by atoms with Crippen LogP contribution in [0.25, 0.3) is 16.9 Å². The van der Waals surface area contributed by atoms with Gasteiger partial charge in [0.1, 0.15) is 11.5 Å². The molecule has 42 heavy (non-hydrogen) atoms. The summed E-state index contributed by atoms with van der Waals surface area (Å²) < 4.78 is 33.0. The lowest BCUT2D eigenvalue weighted by molar-refractivity contribution is 0.110. The molecule has 2 fully saturated rings. The van der Waals surface area contributed by atoms with Gasteiger partial charge in [-0.25, -0.2) is 22.8 Å². The zero-order valence-corrected chi connectivity index (χ0v) is 24.3. The normalized spacial score (nSPS) is 17.8. The highest BCUT2D eigenvalue weighted by Crippen LogP contribution is 2.24. The van der Waals surface area contributed by atoms with Crippen molar-refractivity contribution in [1.29, 1.82) is 0 Å². The minimum absolute atomic E-state index is 0.0909. The first-order chi connectivity index (χ1) is 20.3. The fourth-order valence-corrected chi connectivity index (χ4v) is 6.53. The van der Waals surface area contributed by atoms with Gasteiger partial charge in [0.2, 0.25) is 11.8 Å². The smallest absolute Gasteiger partial charge is 0.278 e. The van der Waals surface area contributed by atoms with E-state index in [2.05, 4.69) is 33.7 Å². The Hall–Kier alpha value is -4.23. The largest absolute Gasteiger partial charge is 0.474 e. The number of benzene rings is 1. The van der Waals surface area contributed by atoms with Crippen LogP contribution in [-0.4, -0.2) is 88.5 Å². The second-order valence-electron chi connectivity index (χ2n) is 10.7. The molecular formula is C29H34N8O4S. The molecule has 13 heteroatoms. The Balaban J connectivity index is 1.28. The van der Waals surface area contributed by atoms with E-state index in [1.807, 2.05) is 42.5 Å². The first kappa shape index (κ1) is 27.9. The summed E-state index contributed by atoms with van der Waals surface area (Å²) in [7, 11) is -0.837. The average molecular weight is 591 g/mol. The molecular weight excluding hydrogens is 556 g/mol. The third-order valence-corrected chi connectivity index (χ3v) is 9.30. The lowest BCUT2D eigenvalue weighted by Gasteiger charge is -2.29. The van der Waals surface area contributed by atoms with Crippen LogP contribution in [0.5, 0.6) is 5.88 Å². The van der Waals surface area contributed by atoms with Crippen LogP contribution in [0.2, 0.25) is 0 Å². The molecule has 0 spiro atoms. The molecule has 220 valence electrons. The lowest BCUT2D eigenvalue weighted by atomic mass is 10.1. The van der Waals surface area contributed by atoms with E-state index in [0.717, 1.165) is 37.3 Å². The van der Waals surface area contributed by atoms with Crippen molar-refractivity contribution in [3.8, 4) is 11.7 Å². The van der Waals surface area contributed by atoms with Gasteiger partial charge < -0.3 is 19.9 Å². The van der Waals surface area contributed by atoms with Crippen molar-refractivity contribution in [2.24, 2.45) is 0 Å². The van der Waals surface area contributed by atoms with Gasteiger partial charge in [-0.05, 0) is 50.2 Å². The molecule has 0 atom stereocenters. The molecule has 3 aromatic heterocycles. The van der Waals surface area contributed by atoms with Gasteiger partial charge >= 0.3 is 0 Å². The number of fused-ring (bicyclic) bond motifs is 1. The highest BCUT2D eigenvalue weighted by atomic mass is 32.2. The van der Waals surface area contributed by atoms with Crippen LogP contribution in [0.4, 0.5) is 17.3 Å². The van der Waals surface area contributed by atoms with Crippen LogP contribution < -0.4 is 20.5 Å². The molecule has 4 aromatic rings. The SMILES string of the molecule is C=CCn1c(=O)c2cnc(Nc3ccc(N4CCS(=O)(=O)CC4)cc3)nc2n1-c1cccc(OC2CCN(C)CC2)n1. The first-order valence-corrected chi connectivity index (χ1v) is 15.9. The molecule has 5 heterocycles. The van der Waals surface area contributed by atoms with Crippen LogP contribution in [-0.2, 0) is 16.4 Å². The summed E-state index contributed by atoms with van der Waals surface area (Å²) in [6.45, 7) is 6.99. The predicted molar refractivity (Wildman–Crippen MR) is 163 cm³/mol. The number of likely N-dealkylation sites (tertiary alicyclic amines) is 1. The number of hydrogen-bond donors (Lipinski definition) is 1. The van der Waals surface area contributed by atoms with E-state index in [9.17, 15) is 13.2 Å². The summed E-state index contributed by atoms with van der Waals surface area (Å²) in [5.41, 5.74) is 1.88. The Morgan fingerprint density at radius 1 is 1.05 bits per heavy atom. The second kappa shape index (κ2) is 11.6. The molecule has 0 saturated carbocycles. The summed E-state index contributed by atoms with van der Waals surface area (Å²) in [6.07, 6.45) is 5.12. The highest BCUT2D eigenvalue weighted by molar-refractivity contribution is 7.91. The topological polar surface area (TPSA) is 127 Å². The zero-order valence-electron chi connectivity index (χ0n) is 23.5. The molecule has 1 N–H and O–H groups in total. The number of rotatable bonds is 8. The third-order valence-electron chi connectivity index (χ3n) is 7.69.